The lowest BCUT2D eigenvalue weighted by Gasteiger charge is -2.25. The number of hydrogen-bond donors (Lipinski definition) is 1. The molecule has 0 fully saturated rings. The molecule has 21 heavy (non-hydrogen) atoms. The van der Waals surface area contributed by atoms with Crippen LogP contribution >= 0.6 is 0 Å². The summed E-state index contributed by atoms with van der Waals surface area (Å²) in [6.07, 6.45) is 3.42. The molecule has 0 radical (unpaired) electrons. The van der Waals surface area contributed by atoms with Gasteiger partial charge in [0.2, 0.25) is 0 Å². The van der Waals surface area contributed by atoms with Crippen molar-refractivity contribution in [3.63, 3.8) is 0 Å². The normalized spacial score (nSPS) is 17.6. The number of hydrogen-bond acceptors (Lipinski definition) is 1. The summed E-state index contributed by atoms with van der Waals surface area (Å²) in [6.45, 7) is 4.49. The first-order valence-corrected chi connectivity index (χ1v) is 7.69. The van der Waals surface area contributed by atoms with Crippen LogP contribution in [0.1, 0.15) is 34.2 Å². The van der Waals surface area contributed by atoms with Crippen molar-refractivity contribution in [2.75, 3.05) is 0 Å². The topological polar surface area (TPSA) is 12.0 Å². The van der Waals surface area contributed by atoms with Crippen molar-refractivity contribution in [2.45, 2.75) is 45.7 Å². The van der Waals surface area contributed by atoms with Crippen LogP contribution in [0.3, 0.4) is 0 Å². The van der Waals surface area contributed by atoms with Crippen LogP contribution in [0, 0.1) is 19.7 Å². The van der Waals surface area contributed by atoms with E-state index in [2.05, 4.69) is 29.6 Å². The Morgan fingerprint density at radius 1 is 1.10 bits per heavy atom. The molecule has 1 nitrogen and oxygen atoms in total. The van der Waals surface area contributed by atoms with Gasteiger partial charge in [-0.2, -0.15) is 0 Å². The molecule has 3 rings (SSSR count). The predicted molar refractivity (Wildman–Crippen MR) is 85.0 cm³/mol. The largest absolute Gasteiger partial charge is 0.310 e. The second kappa shape index (κ2) is 5.98. The van der Waals surface area contributed by atoms with Gasteiger partial charge in [0.15, 0.2) is 0 Å². The first-order valence-electron chi connectivity index (χ1n) is 7.69. The molecular weight excluding hydrogens is 261 g/mol. The molecule has 1 unspecified atom stereocenters. The Labute approximate surface area is 126 Å². The standard InChI is InChI=1S/C19H22FN/c1-13-9-15(10-14(2)19(13)20)12-21-18-8-7-16-5-3-4-6-17(16)11-18/h3-6,9-10,18,21H,7-8,11-12H2,1-2H3. The molecule has 1 aliphatic rings. The highest BCUT2D eigenvalue weighted by Crippen LogP contribution is 2.21. The van der Waals surface area contributed by atoms with Gasteiger partial charge in [-0.3, -0.25) is 0 Å². The Kier molecular flexibility index (Phi) is 4.07. The molecule has 0 aromatic heterocycles. The van der Waals surface area contributed by atoms with E-state index in [1.165, 1.54) is 23.1 Å². The molecule has 0 bridgehead atoms. The third-order valence-corrected chi connectivity index (χ3v) is 4.44. The molecule has 0 saturated heterocycles. The molecule has 0 spiro atoms. The summed E-state index contributed by atoms with van der Waals surface area (Å²) < 4.78 is 13.7. The van der Waals surface area contributed by atoms with Gasteiger partial charge in [0.05, 0.1) is 0 Å². The van der Waals surface area contributed by atoms with Gasteiger partial charge in [-0.15, -0.1) is 0 Å². The van der Waals surface area contributed by atoms with Crippen molar-refractivity contribution >= 4 is 0 Å². The molecule has 1 aliphatic carbocycles. The van der Waals surface area contributed by atoms with Gasteiger partial charge >= 0.3 is 0 Å². The van der Waals surface area contributed by atoms with E-state index in [1.54, 1.807) is 0 Å². The van der Waals surface area contributed by atoms with Crippen LogP contribution in [0.4, 0.5) is 4.39 Å². The third kappa shape index (κ3) is 3.16. The van der Waals surface area contributed by atoms with E-state index in [4.69, 9.17) is 0 Å². The van der Waals surface area contributed by atoms with Crippen LogP contribution < -0.4 is 5.32 Å². The SMILES string of the molecule is Cc1cc(CNC2CCc3ccccc3C2)cc(C)c1F. The van der Waals surface area contributed by atoms with Crippen LogP contribution in [0.15, 0.2) is 36.4 Å². The van der Waals surface area contributed by atoms with Crippen molar-refractivity contribution in [2.24, 2.45) is 0 Å². The van der Waals surface area contributed by atoms with Gasteiger partial charge in [0.25, 0.3) is 0 Å². The van der Waals surface area contributed by atoms with E-state index in [1.807, 2.05) is 26.0 Å². The summed E-state index contributed by atoms with van der Waals surface area (Å²) in [6, 6.07) is 13.1. The second-order valence-corrected chi connectivity index (χ2v) is 6.13. The minimum absolute atomic E-state index is 0.0784. The maximum absolute atomic E-state index is 13.7. The first kappa shape index (κ1) is 14.3. The zero-order valence-corrected chi connectivity index (χ0v) is 12.7. The van der Waals surface area contributed by atoms with Gasteiger partial charge in [0.1, 0.15) is 5.82 Å². The third-order valence-electron chi connectivity index (χ3n) is 4.44. The first-order chi connectivity index (χ1) is 10.1. The van der Waals surface area contributed by atoms with Crippen LogP contribution in [0.5, 0.6) is 0 Å². The summed E-state index contributed by atoms with van der Waals surface area (Å²) in [7, 11) is 0. The number of nitrogens with one attached hydrogen (secondary N) is 1. The van der Waals surface area contributed by atoms with E-state index in [9.17, 15) is 4.39 Å². The van der Waals surface area contributed by atoms with Crippen molar-refractivity contribution in [1.82, 2.24) is 5.32 Å². The van der Waals surface area contributed by atoms with Crippen LogP contribution in [0.2, 0.25) is 0 Å². The zero-order chi connectivity index (χ0) is 14.8. The van der Waals surface area contributed by atoms with E-state index in [0.717, 1.165) is 30.5 Å². The average molecular weight is 283 g/mol. The van der Waals surface area contributed by atoms with Crippen molar-refractivity contribution in [1.29, 1.82) is 0 Å². The fourth-order valence-electron chi connectivity index (χ4n) is 3.27. The van der Waals surface area contributed by atoms with Crippen molar-refractivity contribution in [3.05, 3.63) is 70.0 Å². The number of aryl methyl sites for hydroxylation is 3. The Morgan fingerprint density at radius 2 is 1.76 bits per heavy atom. The predicted octanol–water partition coefficient (Wildman–Crippen LogP) is 4.09. The van der Waals surface area contributed by atoms with Gasteiger partial charge < -0.3 is 5.32 Å². The lowest BCUT2D eigenvalue weighted by atomic mass is 9.88. The zero-order valence-electron chi connectivity index (χ0n) is 12.7. The lowest BCUT2D eigenvalue weighted by Crippen LogP contribution is -2.34. The quantitative estimate of drug-likeness (QED) is 0.894. The lowest BCUT2D eigenvalue weighted by molar-refractivity contribution is 0.457. The van der Waals surface area contributed by atoms with Crippen LogP contribution in [-0.4, -0.2) is 6.04 Å². The number of halogens is 1. The molecular formula is C19H22FN. The molecule has 1 atom stereocenters. The average Bonchev–Trinajstić information content (AvgIpc) is 2.50. The van der Waals surface area contributed by atoms with Crippen molar-refractivity contribution < 1.29 is 4.39 Å². The van der Waals surface area contributed by atoms with E-state index in [-0.39, 0.29) is 5.82 Å². The van der Waals surface area contributed by atoms with E-state index >= 15 is 0 Å². The summed E-state index contributed by atoms with van der Waals surface area (Å²) in [5.41, 5.74) is 5.60. The maximum atomic E-state index is 13.7. The molecule has 2 aromatic rings. The van der Waals surface area contributed by atoms with Gasteiger partial charge in [-0.05, 0) is 60.9 Å². The Hall–Kier alpha value is -1.67. The summed E-state index contributed by atoms with van der Waals surface area (Å²) >= 11 is 0. The highest BCUT2D eigenvalue weighted by Gasteiger charge is 2.17. The highest BCUT2D eigenvalue weighted by molar-refractivity contribution is 5.32. The van der Waals surface area contributed by atoms with E-state index in [0.29, 0.717) is 6.04 Å². The molecule has 0 saturated carbocycles. The number of rotatable bonds is 3. The Bertz CT molecular complexity index is 625. The summed E-state index contributed by atoms with van der Waals surface area (Å²) in [5, 5.41) is 3.63. The van der Waals surface area contributed by atoms with Gasteiger partial charge in [-0.1, -0.05) is 36.4 Å². The molecule has 2 aromatic carbocycles. The Morgan fingerprint density at radius 3 is 2.48 bits per heavy atom. The summed E-state index contributed by atoms with van der Waals surface area (Å²) in [5.74, 6) is -0.0784. The van der Waals surface area contributed by atoms with Gasteiger partial charge in [0, 0.05) is 12.6 Å². The molecule has 0 amide bonds. The molecule has 0 aliphatic heterocycles. The minimum Gasteiger partial charge on any atom is -0.310 e. The Balaban J connectivity index is 1.64. The molecule has 0 heterocycles. The molecule has 110 valence electrons. The number of benzene rings is 2. The number of fused-ring (bicyclic) bond motifs is 1. The second-order valence-electron chi connectivity index (χ2n) is 6.13. The molecule has 1 N–H and O–H groups in total. The minimum atomic E-state index is -0.0784. The van der Waals surface area contributed by atoms with Crippen molar-refractivity contribution in [3.8, 4) is 0 Å². The highest BCUT2D eigenvalue weighted by atomic mass is 19.1. The van der Waals surface area contributed by atoms with Crippen LogP contribution in [0.25, 0.3) is 0 Å². The fraction of sp³-hybridized carbons (Fsp3) is 0.368. The van der Waals surface area contributed by atoms with Crippen LogP contribution in [-0.2, 0) is 19.4 Å². The smallest absolute Gasteiger partial charge is 0.129 e. The summed E-state index contributed by atoms with van der Waals surface area (Å²) in [4.78, 5) is 0. The molecule has 2 heteroatoms. The fourth-order valence-corrected chi connectivity index (χ4v) is 3.27. The van der Waals surface area contributed by atoms with E-state index < -0.39 is 0 Å². The monoisotopic (exact) mass is 283 g/mol. The van der Waals surface area contributed by atoms with Gasteiger partial charge in [-0.25, -0.2) is 4.39 Å². The maximum Gasteiger partial charge on any atom is 0.129 e.